The SMILES string of the molecule is NC(=S)N/N=C(/C=C/c1ccc([N+](=O)[O-])cc1)c1ccccn1.[Cl-].[Cl-].[Cu+2]. The van der Waals surface area contributed by atoms with Crippen molar-refractivity contribution in [2.75, 3.05) is 0 Å². The molecule has 3 N–H and O–H groups in total. The van der Waals surface area contributed by atoms with E-state index in [1.165, 1.54) is 12.1 Å². The molecule has 0 unspecified atom stereocenters. The zero-order valence-electron chi connectivity index (χ0n) is 13.0. The smallest absolute Gasteiger partial charge is 1.00 e. The molecule has 1 heterocycles. The van der Waals surface area contributed by atoms with E-state index in [1.807, 2.05) is 6.07 Å². The molecule has 26 heavy (non-hydrogen) atoms. The van der Waals surface area contributed by atoms with Gasteiger partial charge >= 0.3 is 17.1 Å². The summed E-state index contributed by atoms with van der Waals surface area (Å²) < 4.78 is 0. The molecule has 0 aliphatic heterocycles. The number of nitro groups is 1. The monoisotopic (exact) mass is 460 g/mol. The van der Waals surface area contributed by atoms with Crippen LogP contribution in [0.4, 0.5) is 5.69 Å². The number of aromatic nitrogens is 1. The van der Waals surface area contributed by atoms with Gasteiger partial charge in [-0.05, 0) is 48.1 Å². The van der Waals surface area contributed by atoms with E-state index in [1.54, 1.807) is 42.6 Å². The van der Waals surface area contributed by atoms with E-state index in [0.29, 0.717) is 11.4 Å². The number of nitrogens with two attached hydrogens (primary N) is 1. The van der Waals surface area contributed by atoms with Crippen molar-refractivity contribution >= 4 is 34.8 Å². The summed E-state index contributed by atoms with van der Waals surface area (Å²) in [4.78, 5) is 14.4. The largest absolute Gasteiger partial charge is 2.00 e. The molecule has 0 amide bonds. The second kappa shape index (κ2) is 13.2. The molecule has 1 aromatic carbocycles. The number of hydrazone groups is 1. The van der Waals surface area contributed by atoms with Gasteiger partial charge < -0.3 is 30.5 Å². The van der Waals surface area contributed by atoms with Crippen LogP contribution in [0.2, 0.25) is 0 Å². The van der Waals surface area contributed by atoms with Crippen LogP contribution in [0.15, 0.2) is 59.8 Å². The molecule has 0 atom stereocenters. The molecule has 0 saturated carbocycles. The van der Waals surface area contributed by atoms with Gasteiger partial charge in [0.2, 0.25) is 0 Å². The number of thiocarbonyl (C=S) groups is 1. The summed E-state index contributed by atoms with van der Waals surface area (Å²) in [6.45, 7) is 0. The minimum atomic E-state index is -0.444. The van der Waals surface area contributed by atoms with Crippen molar-refractivity contribution in [2.45, 2.75) is 0 Å². The Morgan fingerprint density at radius 3 is 2.38 bits per heavy atom. The summed E-state index contributed by atoms with van der Waals surface area (Å²) in [7, 11) is 0. The van der Waals surface area contributed by atoms with Crippen LogP contribution in [0.1, 0.15) is 11.3 Å². The average Bonchev–Trinajstić information content (AvgIpc) is 2.56. The van der Waals surface area contributed by atoms with E-state index >= 15 is 0 Å². The maximum absolute atomic E-state index is 10.6. The second-order valence-corrected chi connectivity index (χ2v) is 4.81. The Morgan fingerprint density at radius 1 is 1.23 bits per heavy atom. The van der Waals surface area contributed by atoms with Crippen molar-refractivity contribution in [3.05, 3.63) is 76.1 Å². The molecule has 7 nitrogen and oxygen atoms in total. The minimum absolute atomic E-state index is 0. The topological polar surface area (TPSA) is 106 Å². The molecule has 11 heteroatoms. The zero-order chi connectivity index (χ0) is 16.7. The number of hydrogen-bond acceptors (Lipinski definition) is 5. The van der Waals surface area contributed by atoms with Gasteiger partial charge in [0.25, 0.3) is 5.69 Å². The molecule has 0 fully saturated rings. The molecular formula is C15H13Cl2CuN5O2S. The molecule has 0 aliphatic carbocycles. The van der Waals surface area contributed by atoms with Crippen LogP contribution in [-0.2, 0) is 17.1 Å². The summed E-state index contributed by atoms with van der Waals surface area (Å²) in [5, 5.41) is 14.8. The van der Waals surface area contributed by atoms with E-state index in [4.69, 9.17) is 18.0 Å². The maximum Gasteiger partial charge on any atom is 2.00 e. The Morgan fingerprint density at radius 2 is 1.88 bits per heavy atom. The Balaban J connectivity index is 0. The number of non-ortho nitro benzene ring substituents is 1. The van der Waals surface area contributed by atoms with Gasteiger partial charge in [-0.1, -0.05) is 12.1 Å². The van der Waals surface area contributed by atoms with Crippen molar-refractivity contribution in [1.29, 1.82) is 0 Å². The quantitative estimate of drug-likeness (QED) is 0.156. The standard InChI is InChI=1S/C15H13N5O2S.2ClH.Cu/c16-15(23)19-18-14(13-3-1-2-10-17-13)9-6-11-4-7-12(8-5-11)20(21)22;;;/h1-10H,(H3,16,19,23);2*1H;/q;;;+2/p-2/b9-6+,18-14-;;;. The molecule has 141 valence electrons. The van der Waals surface area contributed by atoms with Crippen LogP contribution in [0.3, 0.4) is 0 Å². The molecule has 1 aromatic heterocycles. The first-order valence-corrected chi connectivity index (χ1v) is 6.94. The fourth-order valence-electron chi connectivity index (χ4n) is 1.69. The summed E-state index contributed by atoms with van der Waals surface area (Å²) in [5.41, 5.74) is 9.88. The molecule has 2 aromatic rings. The van der Waals surface area contributed by atoms with Gasteiger partial charge in [0.1, 0.15) is 5.71 Å². The summed E-state index contributed by atoms with van der Waals surface area (Å²) in [6, 6.07) is 11.6. The minimum Gasteiger partial charge on any atom is -1.00 e. The van der Waals surface area contributed by atoms with Gasteiger partial charge in [0, 0.05) is 18.3 Å². The molecule has 0 aliphatic rings. The van der Waals surface area contributed by atoms with Crippen molar-refractivity contribution in [1.82, 2.24) is 10.4 Å². The number of nitrogens with one attached hydrogen (secondary N) is 1. The molecule has 0 spiro atoms. The summed E-state index contributed by atoms with van der Waals surface area (Å²) in [6.07, 6.45) is 5.12. The molecule has 1 radical (unpaired) electrons. The number of nitrogens with zero attached hydrogens (tertiary/aromatic N) is 3. The number of rotatable bonds is 5. The summed E-state index contributed by atoms with van der Waals surface area (Å²) >= 11 is 4.73. The van der Waals surface area contributed by atoms with Crippen molar-refractivity contribution < 1.29 is 46.8 Å². The van der Waals surface area contributed by atoms with Crippen molar-refractivity contribution in [2.24, 2.45) is 10.8 Å². The Kier molecular flexibility index (Phi) is 13.3. The predicted molar refractivity (Wildman–Crippen MR) is 92.8 cm³/mol. The van der Waals surface area contributed by atoms with Gasteiger partial charge in [-0.25, -0.2) is 0 Å². The van der Waals surface area contributed by atoms with Crippen LogP contribution in [0.5, 0.6) is 0 Å². The van der Waals surface area contributed by atoms with Gasteiger partial charge in [-0.2, -0.15) is 5.10 Å². The first-order valence-electron chi connectivity index (χ1n) is 6.53. The van der Waals surface area contributed by atoms with Gasteiger partial charge in [-0.15, -0.1) is 0 Å². The maximum atomic E-state index is 10.6. The fraction of sp³-hybridized carbons (Fsp3) is 0. The van der Waals surface area contributed by atoms with Gasteiger partial charge in [0.15, 0.2) is 5.11 Å². The van der Waals surface area contributed by atoms with Gasteiger partial charge in [0.05, 0.1) is 10.6 Å². The molecule has 0 bridgehead atoms. The van der Waals surface area contributed by atoms with Gasteiger partial charge in [-0.3, -0.25) is 20.5 Å². The third-order valence-electron chi connectivity index (χ3n) is 2.75. The molecule has 0 saturated heterocycles. The molecule has 2 rings (SSSR count). The van der Waals surface area contributed by atoms with E-state index in [9.17, 15) is 10.1 Å². The fourth-order valence-corrected chi connectivity index (χ4v) is 1.74. The van der Waals surface area contributed by atoms with Crippen LogP contribution < -0.4 is 36.0 Å². The van der Waals surface area contributed by atoms with Crippen LogP contribution in [0, 0.1) is 10.1 Å². The number of halogens is 2. The molecular weight excluding hydrogens is 449 g/mol. The number of pyridine rings is 1. The summed E-state index contributed by atoms with van der Waals surface area (Å²) in [5.74, 6) is 0. The first kappa shape index (κ1) is 26.2. The van der Waals surface area contributed by atoms with E-state index in [2.05, 4.69) is 15.5 Å². The van der Waals surface area contributed by atoms with E-state index in [-0.39, 0.29) is 52.7 Å². The van der Waals surface area contributed by atoms with Crippen LogP contribution in [-0.4, -0.2) is 20.7 Å². The van der Waals surface area contributed by atoms with Crippen LogP contribution in [0.25, 0.3) is 6.08 Å². The zero-order valence-corrected chi connectivity index (χ0v) is 16.2. The van der Waals surface area contributed by atoms with Crippen molar-refractivity contribution in [3.63, 3.8) is 0 Å². The Hall–Kier alpha value is -2.03. The number of hydrogen-bond donors (Lipinski definition) is 2. The van der Waals surface area contributed by atoms with E-state index < -0.39 is 4.92 Å². The van der Waals surface area contributed by atoms with E-state index in [0.717, 1.165) is 5.56 Å². The first-order chi connectivity index (χ1) is 11.1. The average molecular weight is 462 g/mol. The second-order valence-electron chi connectivity index (χ2n) is 4.37. The van der Waals surface area contributed by atoms with Crippen LogP contribution >= 0.6 is 12.2 Å². The Labute approximate surface area is 178 Å². The Bertz CT molecular complexity index is 773. The predicted octanol–water partition coefficient (Wildman–Crippen LogP) is -3.75. The third kappa shape index (κ3) is 8.37. The number of nitro benzene ring substituents is 1. The number of allylic oxidation sites excluding steroid dienone is 1. The third-order valence-corrected chi connectivity index (χ3v) is 2.84. The number of benzene rings is 1. The normalized spacial score (nSPS) is 10.1. The van der Waals surface area contributed by atoms with Crippen molar-refractivity contribution in [3.8, 4) is 0 Å².